The van der Waals surface area contributed by atoms with Gasteiger partial charge in [-0.15, -0.1) is 11.6 Å². The maximum absolute atomic E-state index is 13.0. The van der Waals surface area contributed by atoms with Crippen LogP contribution in [-0.4, -0.2) is 29.3 Å². The number of piperidine rings is 1. The molecule has 0 saturated carbocycles. The molecule has 20 heavy (non-hydrogen) atoms. The predicted octanol–water partition coefficient (Wildman–Crippen LogP) is 3.97. The van der Waals surface area contributed by atoms with E-state index in [4.69, 9.17) is 11.6 Å². The number of likely N-dealkylation sites (tertiary alicyclic amines) is 1. The molecule has 0 N–H and O–H groups in total. The maximum atomic E-state index is 13.0. The average Bonchev–Trinajstić information content (AvgIpc) is 2.48. The molecule has 110 valence electrons. The molecule has 1 atom stereocenters. The Morgan fingerprint density at radius 1 is 1.30 bits per heavy atom. The SMILES string of the molecule is CC(C)(C(=O)N1CCCCC1CCCl)c1ccccc1. The third-order valence-corrected chi connectivity index (χ3v) is 4.58. The van der Waals surface area contributed by atoms with Crippen LogP contribution >= 0.6 is 11.6 Å². The summed E-state index contributed by atoms with van der Waals surface area (Å²) in [7, 11) is 0. The summed E-state index contributed by atoms with van der Waals surface area (Å²) in [5.74, 6) is 0.860. The lowest BCUT2D eigenvalue weighted by atomic mass is 9.82. The van der Waals surface area contributed by atoms with E-state index in [2.05, 4.69) is 4.90 Å². The van der Waals surface area contributed by atoms with Crippen molar-refractivity contribution in [1.82, 2.24) is 4.90 Å². The molecule has 2 rings (SSSR count). The van der Waals surface area contributed by atoms with Crippen molar-refractivity contribution in [2.75, 3.05) is 12.4 Å². The largest absolute Gasteiger partial charge is 0.339 e. The summed E-state index contributed by atoms with van der Waals surface area (Å²) in [6, 6.07) is 10.4. The number of carbonyl (C=O) groups is 1. The molecule has 1 saturated heterocycles. The minimum Gasteiger partial charge on any atom is -0.339 e. The van der Waals surface area contributed by atoms with E-state index in [1.807, 2.05) is 44.2 Å². The van der Waals surface area contributed by atoms with Crippen LogP contribution in [0.15, 0.2) is 30.3 Å². The highest BCUT2D eigenvalue weighted by atomic mass is 35.5. The second kappa shape index (κ2) is 6.62. The van der Waals surface area contributed by atoms with Crippen molar-refractivity contribution in [3.05, 3.63) is 35.9 Å². The lowest BCUT2D eigenvalue weighted by Gasteiger charge is -2.40. The van der Waals surface area contributed by atoms with Crippen LogP contribution in [0.3, 0.4) is 0 Å². The first-order valence-electron chi connectivity index (χ1n) is 7.50. The quantitative estimate of drug-likeness (QED) is 0.769. The lowest BCUT2D eigenvalue weighted by Crippen LogP contribution is -2.50. The molecular weight excluding hydrogens is 270 g/mol. The standard InChI is InChI=1S/C17H24ClNO/c1-17(2,14-8-4-3-5-9-14)16(20)19-13-7-6-10-15(19)11-12-18/h3-5,8-9,15H,6-7,10-13H2,1-2H3. The highest BCUT2D eigenvalue weighted by Crippen LogP contribution is 2.30. The molecule has 1 amide bonds. The van der Waals surface area contributed by atoms with Gasteiger partial charge in [-0.3, -0.25) is 4.79 Å². The van der Waals surface area contributed by atoms with Crippen LogP contribution in [0.2, 0.25) is 0 Å². The Morgan fingerprint density at radius 2 is 2.00 bits per heavy atom. The van der Waals surface area contributed by atoms with E-state index in [-0.39, 0.29) is 5.91 Å². The number of nitrogens with zero attached hydrogens (tertiary/aromatic N) is 1. The van der Waals surface area contributed by atoms with Gasteiger partial charge in [-0.1, -0.05) is 30.3 Å². The van der Waals surface area contributed by atoms with Gasteiger partial charge in [-0.2, -0.15) is 0 Å². The Bertz CT molecular complexity index is 442. The van der Waals surface area contributed by atoms with Gasteiger partial charge in [0.25, 0.3) is 0 Å². The van der Waals surface area contributed by atoms with Crippen LogP contribution in [0.4, 0.5) is 0 Å². The van der Waals surface area contributed by atoms with Gasteiger partial charge in [0.15, 0.2) is 0 Å². The number of hydrogen-bond acceptors (Lipinski definition) is 1. The zero-order valence-corrected chi connectivity index (χ0v) is 13.2. The monoisotopic (exact) mass is 293 g/mol. The van der Waals surface area contributed by atoms with Gasteiger partial charge in [0, 0.05) is 18.5 Å². The van der Waals surface area contributed by atoms with E-state index < -0.39 is 5.41 Å². The van der Waals surface area contributed by atoms with Gasteiger partial charge in [0.05, 0.1) is 5.41 Å². The minimum atomic E-state index is -0.469. The molecule has 1 fully saturated rings. The average molecular weight is 294 g/mol. The first-order valence-corrected chi connectivity index (χ1v) is 8.03. The number of carbonyl (C=O) groups excluding carboxylic acids is 1. The molecule has 0 radical (unpaired) electrons. The smallest absolute Gasteiger partial charge is 0.232 e. The fraction of sp³-hybridized carbons (Fsp3) is 0.588. The van der Waals surface area contributed by atoms with Crippen LogP contribution in [0, 0.1) is 0 Å². The normalized spacial score (nSPS) is 19.9. The topological polar surface area (TPSA) is 20.3 Å². The van der Waals surface area contributed by atoms with Gasteiger partial charge in [-0.05, 0) is 45.1 Å². The number of halogens is 1. The van der Waals surface area contributed by atoms with E-state index in [0.717, 1.165) is 31.4 Å². The Balaban J connectivity index is 2.20. The van der Waals surface area contributed by atoms with Crippen molar-refractivity contribution >= 4 is 17.5 Å². The Morgan fingerprint density at radius 3 is 2.65 bits per heavy atom. The van der Waals surface area contributed by atoms with E-state index in [1.54, 1.807) is 0 Å². The molecule has 0 aliphatic carbocycles. The second-order valence-electron chi connectivity index (χ2n) is 6.12. The highest BCUT2D eigenvalue weighted by Gasteiger charge is 2.37. The molecule has 0 aromatic heterocycles. The van der Waals surface area contributed by atoms with Crippen molar-refractivity contribution in [3.63, 3.8) is 0 Å². The summed E-state index contributed by atoms with van der Waals surface area (Å²) in [5, 5.41) is 0. The summed E-state index contributed by atoms with van der Waals surface area (Å²) < 4.78 is 0. The molecule has 1 heterocycles. The number of amides is 1. The number of benzene rings is 1. The zero-order chi connectivity index (χ0) is 14.6. The van der Waals surface area contributed by atoms with Crippen molar-refractivity contribution in [3.8, 4) is 0 Å². The van der Waals surface area contributed by atoms with Crippen molar-refractivity contribution < 1.29 is 4.79 Å². The molecule has 1 aliphatic heterocycles. The van der Waals surface area contributed by atoms with E-state index in [9.17, 15) is 4.79 Å². The van der Waals surface area contributed by atoms with Crippen LogP contribution in [0.25, 0.3) is 0 Å². The summed E-state index contributed by atoms with van der Waals surface area (Å²) in [6.45, 7) is 4.92. The molecule has 1 unspecified atom stereocenters. The molecule has 3 heteroatoms. The molecule has 1 aromatic carbocycles. The van der Waals surface area contributed by atoms with Gasteiger partial charge < -0.3 is 4.90 Å². The van der Waals surface area contributed by atoms with E-state index in [1.165, 1.54) is 6.42 Å². The fourth-order valence-corrected chi connectivity index (χ4v) is 3.28. The lowest BCUT2D eigenvalue weighted by molar-refractivity contribution is -0.140. The summed E-state index contributed by atoms with van der Waals surface area (Å²) in [6.07, 6.45) is 4.30. The van der Waals surface area contributed by atoms with E-state index in [0.29, 0.717) is 11.9 Å². The van der Waals surface area contributed by atoms with Crippen LogP contribution in [0.1, 0.15) is 45.1 Å². The van der Waals surface area contributed by atoms with Crippen LogP contribution < -0.4 is 0 Å². The minimum absolute atomic E-state index is 0.235. The third kappa shape index (κ3) is 3.17. The fourth-order valence-electron chi connectivity index (χ4n) is 3.03. The molecule has 1 aliphatic rings. The first kappa shape index (κ1) is 15.4. The third-order valence-electron chi connectivity index (χ3n) is 4.36. The predicted molar refractivity (Wildman–Crippen MR) is 84.2 cm³/mol. The number of rotatable bonds is 4. The first-order chi connectivity index (χ1) is 9.57. The van der Waals surface area contributed by atoms with Gasteiger partial charge in [0.1, 0.15) is 0 Å². The van der Waals surface area contributed by atoms with Crippen LogP contribution in [0.5, 0.6) is 0 Å². The maximum Gasteiger partial charge on any atom is 0.232 e. The second-order valence-corrected chi connectivity index (χ2v) is 6.49. The van der Waals surface area contributed by atoms with Crippen LogP contribution in [-0.2, 0) is 10.2 Å². The Labute approximate surface area is 127 Å². The van der Waals surface area contributed by atoms with Crippen molar-refractivity contribution in [2.45, 2.75) is 51.0 Å². The van der Waals surface area contributed by atoms with Gasteiger partial charge in [-0.25, -0.2) is 0 Å². The van der Waals surface area contributed by atoms with Gasteiger partial charge >= 0.3 is 0 Å². The number of alkyl halides is 1. The molecule has 0 bridgehead atoms. The molecule has 2 nitrogen and oxygen atoms in total. The molecular formula is C17H24ClNO. The zero-order valence-electron chi connectivity index (χ0n) is 12.4. The van der Waals surface area contributed by atoms with Crippen molar-refractivity contribution in [1.29, 1.82) is 0 Å². The Kier molecular flexibility index (Phi) is 5.09. The molecule has 1 aromatic rings. The summed E-state index contributed by atoms with van der Waals surface area (Å²) in [5.41, 5.74) is 0.614. The molecule has 0 spiro atoms. The van der Waals surface area contributed by atoms with Crippen molar-refractivity contribution in [2.24, 2.45) is 0 Å². The Hall–Kier alpha value is -1.02. The highest BCUT2D eigenvalue weighted by molar-refractivity contribution is 6.17. The van der Waals surface area contributed by atoms with E-state index >= 15 is 0 Å². The summed E-state index contributed by atoms with van der Waals surface area (Å²) in [4.78, 5) is 15.1. The summed E-state index contributed by atoms with van der Waals surface area (Å²) >= 11 is 5.90. The van der Waals surface area contributed by atoms with Gasteiger partial charge in [0.2, 0.25) is 5.91 Å². The number of hydrogen-bond donors (Lipinski definition) is 0.